The zero-order valence-electron chi connectivity index (χ0n) is 18.7. The van der Waals surface area contributed by atoms with Crippen LogP contribution in [0.3, 0.4) is 0 Å². The number of thiazole rings is 1. The molecule has 3 aromatic rings. The highest BCUT2D eigenvalue weighted by Crippen LogP contribution is 2.23. The summed E-state index contributed by atoms with van der Waals surface area (Å²) in [6, 6.07) is 11.9. The molecule has 32 heavy (non-hydrogen) atoms. The molecule has 3 rings (SSSR count). The van der Waals surface area contributed by atoms with E-state index < -0.39 is 0 Å². The van der Waals surface area contributed by atoms with Crippen LogP contribution in [0.4, 0.5) is 5.13 Å². The number of hydrogen-bond acceptors (Lipinski definition) is 8. The number of hydrazone groups is 1. The molecule has 0 radical (unpaired) electrons. The topological polar surface area (TPSA) is 82.0 Å². The summed E-state index contributed by atoms with van der Waals surface area (Å²) in [4.78, 5) is 15.9. The van der Waals surface area contributed by atoms with Crippen LogP contribution in [0.5, 0.6) is 11.5 Å². The van der Waals surface area contributed by atoms with Crippen LogP contribution in [-0.2, 0) is 22.6 Å². The van der Waals surface area contributed by atoms with Crippen molar-refractivity contribution in [1.29, 1.82) is 0 Å². The molecule has 0 spiro atoms. The number of aromatic nitrogens is 1. The summed E-state index contributed by atoms with van der Waals surface area (Å²) in [5, 5.41) is 6.67. The molecule has 0 amide bonds. The van der Waals surface area contributed by atoms with E-state index in [0.717, 1.165) is 33.8 Å². The largest absolute Gasteiger partial charge is 0.496 e. The molecule has 1 N–H and O–H groups in total. The Morgan fingerprint density at radius 3 is 2.69 bits per heavy atom. The van der Waals surface area contributed by atoms with Crippen molar-refractivity contribution in [2.75, 3.05) is 19.1 Å². The minimum Gasteiger partial charge on any atom is -0.496 e. The molecule has 0 aliphatic rings. The van der Waals surface area contributed by atoms with Crippen molar-refractivity contribution in [3.63, 3.8) is 0 Å². The van der Waals surface area contributed by atoms with Crippen LogP contribution in [0.25, 0.3) is 0 Å². The minimum absolute atomic E-state index is 0.151. The highest BCUT2D eigenvalue weighted by atomic mass is 32.1. The quantitative estimate of drug-likeness (QED) is 0.267. The molecule has 0 aliphatic heterocycles. The molecule has 2 aromatic carbocycles. The van der Waals surface area contributed by atoms with Gasteiger partial charge in [-0.05, 0) is 67.8 Å². The number of rotatable bonds is 10. The Bertz CT molecular complexity index is 1070. The number of nitrogens with zero attached hydrogens (tertiary/aromatic N) is 2. The molecule has 0 atom stereocenters. The number of benzene rings is 2. The van der Waals surface area contributed by atoms with Gasteiger partial charge < -0.3 is 14.2 Å². The number of aryl methyl sites for hydroxylation is 2. The fourth-order valence-corrected chi connectivity index (χ4v) is 3.79. The van der Waals surface area contributed by atoms with Gasteiger partial charge in [-0.3, -0.25) is 10.2 Å². The van der Waals surface area contributed by atoms with Crippen LogP contribution in [0, 0.1) is 13.8 Å². The smallest absolute Gasteiger partial charge is 0.311 e. The van der Waals surface area contributed by atoms with Gasteiger partial charge in [0.2, 0.25) is 5.13 Å². The van der Waals surface area contributed by atoms with Gasteiger partial charge in [0.1, 0.15) is 18.1 Å². The Morgan fingerprint density at radius 2 is 1.97 bits per heavy atom. The maximum Gasteiger partial charge on any atom is 0.311 e. The molecule has 1 heterocycles. The first-order valence-corrected chi connectivity index (χ1v) is 11.1. The van der Waals surface area contributed by atoms with E-state index in [2.05, 4.69) is 21.6 Å². The Kier molecular flexibility index (Phi) is 8.21. The minimum atomic E-state index is -0.290. The van der Waals surface area contributed by atoms with Gasteiger partial charge in [-0.15, -0.1) is 11.3 Å². The molecule has 168 valence electrons. The number of nitrogens with one attached hydrogen (secondary N) is 1. The van der Waals surface area contributed by atoms with Crippen LogP contribution < -0.4 is 14.9 Å². The molecule has 0 saturated carbocycles. The highest BCUT2D eigenvalue weighted by molar-refractivity contribution is 7.13. The maximum absolute atomic E-state index is 11.6. The molecule has 0 fully saturated rings. The van der Waals surface area contributed by atoms with E-state index in [1.165, 1.54) is 11.3 Å². The lowest BCUT2D eigenvalue weighted by Crippen LogP contribution is -2.07. The third-order valence-electron chi connectivity index (χ3n) is 4.45. The van der Waals surface area contributed by atoms with Crippen molar-refractivity contribution in [1.82, 2.24) is 4.98 Å². The fraction of sp³-hybridized carbons (Fsp3) is 0.292. The Morgan fingerprint density at radius 1 is 1.19 bits per heavy atom. The fourth-order valence-electron chi connectivity index (χ4n) is 3.13. The first kappa shape index (κ1) is 23.3. The van der Waals surface area contributed by atoms with Crippen molar-refractivity contribution in [2.24, 2.45) is 5.10 Å². The van der Waals surface area contributed by atoms with E-state index in [1.54, 1.807) is 20.2 Å². The van der Waals surface area contributed by atoms with Crippen molar-refractivity contribution in [3.8, 4) is 11.5 Å². The molecular weight excluding hydrogens is 426 g/mol. The van der Waals surface area contributed by atoms with E-state index in [9.17, 15) is 4.79 Å². The zero-order chi connectivity index (χ0) is 22.9. The SMILES string of the molecule is CCOC(=O)Cc1csc(NN=Cc2ccc(OC)c(COc3cc(C)cc(C)c3)c2)n1. The number of carbonyl (C=O) groups is 1. The van der Waals surface area contributed by atoms with Gasteiger partial charge in [-0.2, -0.15) is 5.10 Å². The van der Waals surface area contributed by atoms with Crippen LogP contribution >= 0.6 is 11.3 Å². The Labute approximate surface area is 192 Å². The van der Waals surface area contributed by atoms with Crippen molar-refractivity contribution in [3.05, 3.63) is 69.7 Å². The van der Waals surface area contributed by atoms with Crippen LogP contribution in [0.15, 0.2) is 46.9 Å². The average molecular weight is 454 g/mol. The van der Waals surface area contributed by atoms with E-state index in [-0.39, 0.29) is 12.4 Å². The second-order valence-electron chi connectivity index (χ2n) is 7.18. The van der Waals surface area contributed by atoms with E-state index in [1.807, 2.05) is 49.6 Å². The lowest BCUT2D eigenvalue weighted by atomic mass is 10.1. The summed E-state index contributed by atoms with van der Waals surface area (Å²) in [5.41, 5.74) is 7.68. The molecular formula is C24H27N3O4S. The van der Waals surface area contributed by atoms with Crippen molar-refractivity contribution >= 4 is 28.7 Å². The van der Waals surface area contributed by atoms with E-state index >= 15 is 0 Å². The first-order chi connectivity index (χ1) is 15.5. The first-order valence-electron chi connectivity index (χ1n) is 10.2. The zero-order valence-corrected chi connectivity index (χ0v) is 19.5. The molecule has 0 saturated heterocycles. The Balaban J connectivity index is 1.62. The summed E-state index contributed by atoms with van der Waals surface area (Å²) >= 11 is 1.38. The van der Waals surface area contributed by atoms with E-state index in [4.69, 9.17) is 14.2 Å². The standard InChI is InChI=1S/C24H27N3O4S/c1-5-30-23(28)12-20-15-32-24(26-20)27-25-13-18-6-7-22(29-4)19(11-18)14-31-21-9-16(2)8-17(3)10-21/h6-11,13,15H,5,12,14H2,1-4H3,(H,26,27). The van der Waals surface area contributed by atoms with E-state index in [0.29, 0.717) is 24.0 Å². The lowest BCUT2D eigenvalue weighted by Gasteiger charge is -2.12. The van der Waals surface area contributed by atoms with Crippen LogP contribution in [-0.4, -0.2) is 30.9 Å². The number of hydrogen-bond donors (Lipinski definition) is 1. The molecule has 0 unspecified atom stereocenters. The van der Waals surface area contributed by atoms with Gasteiger partial charge in [0.05, 0.1) is 32.0 Å². The van der Waals surface area contributed by atoms with Gasteiger partial charge in [0, 0.05) is 10.9 Å². The summed E-state index contributed by atoms with van der Waals surface area (Å²) < 4.78 is 16.4. The van der Waals surface area contributed by atoms with Gasteiger partial charge >= 0.3 is 5.97 Å². The lowest BCUT2D eigenvalue weighted by molar-refractivity contribution is -0.142. The van der Waals surface area contributed by atoms with Crippen LogP contribution in [0.2, 0.25) is 0 Å². The van der Waals surface area contributed by atoms with Crippen molar-refractivity contribution in [2.45, 2.75) is 33.8 Å². The maximum atomic E-state index is 11.6. The predicted molar refractivity (Wildman–Crippen MR) is 127 cm³/mol. The predicted octanol–water partition coefficient (Wildman–Crippen LogP) is 4.90. The second kappa shape index (κ2) is 11.3. The average Bonchev–Trinajstić information content (AvgIpc) is 3.19. The van der Waals surface area contributed by atoms with Gasteiger partial charge in [-0.1, -0.05) is 6.07 Å². The number of anilines is 1. The Hall–Kier alpha value is -3.39. The summed E-state index contributed by atoms with van der Waals surface area (Å²) in [6.45, 7) is 6.61. The third-order valence-corrected chi connectivity index (χ3v) is 5.25. The molecule has 0 aliphatic carbocycles. The second-order valence-corrected chi connectivity index (χ2v) is 8.04. The number of ether oxygens (including phenoxy) is 3. The number of carbonyl (C=O) groups excluding carboxylic acids is 1. The summed E-state index contributed by atoms with van der Waals surface area (Å²) in [5.74, 6) is 1.29. The molecule has 0 bridgehead atoms. The van der Waals surface area contributed by atoms with Gasteiger partial charge in [0.15, 0.2) is 0 Å². The number of esters is 1. The van der Waals surface area contributed by atoms with Crippen LogP contribution in [0.1, 0.15) is 34.9 Å². The number of methoxy groups -OCH3 is 1. The third kappa shape index (κ3) is 6.81. The van der Waals surface area contributed by atoms with Crippen molar-refractivity contribution < 1.29 is 19.0 Å². The highest BCUT2D eigenvalue weighted by Gasteiger charge is 2.08. The molecule has 1 aromatic heterocycles. The molecule has 8 heteroatoms. The normalized spacial score (nSPS) is 10.9. The monoisotopic (exact) mass is 453 g/mol. The summed E-state index contributed by atoms with van der Waals surface area (Å²) in [7, 11) is 1.64. The van der Waals surface area contributed by atoms with Gasteiger partial charge in [0.25, 0.3) is 0 Å². The summed E-state index contributed by atoms with van der Waals surface area (Å²) in [6.07, 6.45) is 1.85. The van der Waals surface area contributed by atoms with Gasteiger partial charge in [-0.25, -0.2) is 4.98 Å². The molecule has 7 nitrogen and oxygen atoms in total.